The molecule has 0 spiro atoms. The van der Waals surface area contributed by atoms with Gasteiger partial charge in [0.1, 0.15) is 0 Å². The normalized spacial score (nSPS) is 13.3. The molecule has 2 aromatic rings. The molecular formula is C26H32F8N2. The fraction of sp³-hybridized carbons (Fsp3) is 0.538. The van der Waals surface area contributed by atoms with Crippen molar-refractivity contribution < 1.29 is 35.1 Å². The van der Waals surface area contributed by atoms with Crippen molar-refractivity contribution in [2.24, 2.45) is 0 Å². The summed E-state index contributed by atoms with van der Waals surface area (Å²) in [6.45, 7) is 6.10. The second-order valence-corrected chi connectivity index (χ2v) is 9.24. The number of benzene rings is 2. The van der Waals surface area contributed by atoms with Crippen LogP contribution in [0.2, 0.25) is 0 Å². The summed E-state index contributed by atoms with van der Waals surface area (Å²) in [6.07, 6.45) is 2.47. The van der Waals surface area contributed by atoms with Crippen LogP contribution in [-0.2, 0) is 24.7 Å². The van der Waals surface area contributed by atoms with Gasteiger partial charge in [-0.2, -0.15) is 35.1 Å². The van der Waals surface area contributed by atoms with Crippen LogP contribution in [-0.4, -0.2) is 11.8 Å². The van der Waals surface area contributed by atoms with Crippen molar-refractivity contribution in [1.29, 1.82) is 0 Å². The highest BCUT2D eigenvalue weighted by molar-refractivity contribution is 5.57. The van der Waals surface area contributed by atoms with Gasteiger partial charge in [0.05, 0.1) is 0 Å². The Morgan fingerprint density at radius 3 is 1.17 bits per heavy atom. The van der Waals surface area contributed by atoms with E-state index in [1.807, 2.05) is 0 Å². The molecule has 0 aromatic heterocycles. The Morgan fingerprint density at radius 2 is 0.889 bits per heavy atom. The molecule has 0 heterocycles. The average molecular weight is 525 g/mol. The summed E-state index contributed by atoms with van der Waals surface area (Å²) in [5.74, 6) is -24.2. The molecule has 4 N–H and O–H groups in total. The van der Waals surface area contributed by atoms with Crippen molar-refractivity contribution in [2.75, 3.05) is 11.5 Å². The summed E-state index contributed by atoms with van der Waals surface area (Å²) in [5, 5.41) is 0. The van der Waals surface area contributed by atoms with Gasteiger partial charge in [-0.25, -0.2) is 0 Å². The Hall–Kier alpha value is -2.52. The molecule has 0 radical (unpaired) electrons. The lowest BCUT2D eigenvalue weighted by Crippen LogP contribution is -2.59. The summed E-state index contributed by atoms with van der Waals surface area (Å²) in [7, 11) is 0. The van der Waals surface area contributed by atoms with Crippen LogP contribution in [0.1, 0.15) is 72.9 Å². The zero-order chi connectivity index (χ0) is 27.7. The van der Waals surface area contributed by atoms with Gasteiger partial charge < -0.3 is 11.5 Å². The molecule has 0 fully saturated rings. The molecule has 0 amide bonds. The van der Waals surface area contributed by atoms with Crippen LogP contribution in [0.15, 0.2) is 24.3 Å². The molecule has 0 unspecified atom stereocenters. The molecule has 0 aliphatic heterocycles. The summed E-state index contributed by atoms with van der Waals surface area (Å²) in [6, 6.07) is 2.25. The second-order valence-electron chi connectivity index (χ2n) is 9.24. The Bertz CT molecular complexity index is 995. The van der Waals surface area contributed by atoms with Gasteiger partial charge in [-0.05, 0) is 86.1 Å². The van der Waals surface area contributed by atoms with Crippen LogP contribution < -0.4 is 11.5 Å². The van der Waals surface area contributed by atoms with E-state index in [4.69, 9.17) is 11.5 Å². The third-order valence-electron chi connectivity index (χ3n) is 6.45. The van der Waals surface area contributed by atoms with E-state index in [9.17, 15) is 17.6 Å². The van der Waals surface area contributed by atoms with Gasteiger partial charge in [-0.15, -0.1) is 0 Å². The van der Waals surface area contributed by atoms with E-state index in [1.54, 1.807) is 13.8 Å². The molecule has 0 atom stereocenters. The van der Waals surface area contributed by atoms with Gasteiger partial charge in [0.25, 0.3) is 0 Å². The van der Waals surface area contributed by atoms with E-state index in [0.29, 0.717) is 49.9 Å². The van der Waals surface area contributed by atoms with Crippen LogP contribution >= 0.6 is 0 Å². The number of hydrogen-bond donors (Lipinski definition) is 2. The molecule has 2 rings (SSSR count). The number of nitrogens with two attached hydrogens (primary N) is 2. The topological polar surface area (TPSA) is 52.0 Å². The number of halogens is 8. The van der Waals surface area contributed by atoms with Crippen molar-refractivity contribution in [3.8, 4) is 0 Å². The van der Waals surface area contributed by atoms with Gasteiger partial charge in [0, 0.05) is 22.5 Å². The summed E-state index contributed by atoms with van der Waals surface area (Å²) < 4.78 is 120. The van der Waals surface area contributed by atoms with Gasteiger partial charge in [0.15, 0.2) is 0 Å². The van der Waals surface area contributed by atoms with E-state index in [-0.39, 0.29) is 46.5 Å². The van der Waals surface area contributed by atoms with Gasteiger partial charge >= 0.3 is 23.7 Å². The maximum absolute atomic E-state index is 15.1. The summed E-state index contributed by atoms with van der Waals surface area (Å²) >= 11 is 0. The Balaban J connectivity index is 2.62. The van der Waals surface area contributed by atoms with Crippen molar-refractivity contribution in [1.82, 2.24) is 0 Å². The Morgan fingerprint density at radius 1 is 0.583 bits per heavy atom. The van der Waals surface area contributed by atoms with E-state index in [0.717, 1.165) is 0 Å². The number of rotatable bonds is 11. The lowest BCUT2D eigenvalue weighted by atomic mass is 9.87. The average Bonchev–Trinajstić information content (AvgIpc) is 2.80. The number of anilines is 2. The smallest absolute Gasteiger partial charge is 0.382 e. The molecule has 0 aliphatic carbocycles. The SMILES string of the molecule is CCCCc1cc(C(F)(F)C(F)(F)C(F)(F)C(F)(F)c2cc(C)c(N)c(CCCC)c2)cc(C)c1N. The highest BCUT2D eigenvalue weighted by Gasteiger charge is 2.81. The summed E-state index contributed by atoms with van der Waals surface area (Å²) in [4.78, 5) is 0. The molecule has 0 bridgehead atoms. The molecule has 2 nitrogen and oxygen atoms in total. The molecule has 0 saturated carbocycles. The summed E-state index contributed by atoms with van der Waals surface area (Å²) in [5.41, 5.74) is 8.83. The lowest BCUT2D eigenvalue weighted by molar-refractivity contribution is -0.374. The maximum atomic E-state index is 15.1. The number of hydrogen-bond acceptors (Lipinski definition) is 2. The first-order valence-corrected chi connectivity index (χ1v) is 11.8. The van der Waals surface area contributed by atoms with E-state index >= 15 is 17.6 Å². The third-order valence-corrected chi connectivity index (χ3v) is 6.45. The first-order valence-electron chi connectivity index (χ1n) is 11.8. The van der Waals surface area contributed by atoms with Crippen LogP contribution in [0.3, 0.4) is 0 Å². The predicted octanol–water partition coefficient (Wildman–Crippen LogP) is 8.31. The van der Waals surface area contributed by atoms with Crippen molar-refractivity contribution in [2.45, 2.75) is 89.9 Å². The van der Waals surface area contributed by atoms with Crippen LogP contribution in [0.25, 0.3) is 0 Å². The maximum Gasteiger partial charge on any atom is 0.382 e. The van der Waals surface area contributed by atoms with Crippen molar-refractivity contribution in [3.05, 3.63) is 57.6 Å². The van der Waals surface area contributed by atoms with E-state index in [1.165, 1.54) is 13.8 Å². The zero-order valence-corrected chi connectivity index (χ0v) is 20.7. The Labute approximate surface area is 206 Å². The van der Waals surface area contributed by atoms with Crippen molar-refractivity contribution in [3.63, 3.8) is 0 Å². The fourth-order valence-electron chi connectivity index (χ4n) is 4.01. The first kappa shape index (κ1) is 29.7. The Kier molecular flexibility index (Phi) is 8.63. The third kappa shape index (κ3) is 5.00. The molecule has 2 aromatic carbocycles. The minimum absolute atomic E-state index is 0.0427. The van der Waals surface area contributed by atoms with Crippen LogP contribution in [0.5, 0.6) is 0 Å². The van der Waals surface area contributed by atoms with E-state index in [2.05, 4.69) is 0 Å². The predicted molar refractivity (Wildman–Crippen MR) is 126 cm³/mol. The van der Waals surface area contributed by atoms with Gasteiger partial charge in [-0.1, -0.05) is 26.7 Å². The standard InChI is InChI=1S/C26H32F8N2/c1-5-7-9-17-13-19(11-15(3)21(17)35)23(27,28)25(31,32)26(33,34)24(29,30)20-12-16(4)22(36)18(14-20)10-8-6-2/h11-14H,5-10,35-36H2,1-4H3. The quantitative estimate of drug-likeness (QED) is 0.229. The minimum Gasteiger partial charge on any atom is -0.398 e. The molecular weight excluding hydrogens is 492 g/mol. The highest BCUT2D eigenvalue weighted by Crippen LogP contribution is 2.59. The van der Waals surface area contributed by atoms with Crippen LogP contribution in [0.4, 0.5) is 46.5 Å². The fourth-order valence-corrected chi connectivity index (χ4v) is 4.01. The number of alkyl halides is 8. The largest absolute Gasteiger partial charge is 0.398 e. The number of nitrogen functional groups attached to an aromatic ring is 2. The molecule has 0 saturated heterocycles. The van der Waals surface area contributed by atoms with Gasteiger partial charge in [0.2, 0.25) is 0 Å². The van der Waals surface area contributed by atoms with Crippen molar-refractivity contribution >= 4 is 11.4 Å². The first-order chi connectivity index (χ1) is 16.5. The van der Waals surface area contributed by atoms with E-state index < -0.39 is 34.8 Å². The lowest BCUT2D eigenvalue weighted by Gasteiger charge is -2.37. The molecule has 10 heteroatoms. The highest BCUT2D eigenvalue weighted by atomic mass is 19.4. The number of aryl methyl sites for hydroxylation is 4. The van der Waals surface area contributed by atoms with Gasteiger partial charge in [-0.3, -0.25) is 0 Å². The monoisotopic (exact) mass is 524 g/mol. The van der Waals surface area contributed by atoms with Crippen LogP contribution in [0, 0.1) is 13.8 Å². The zero-order valence-electron chi connectivity index (χ0n) is 20.7. The minimum atomic E-state index is -6.45. The second kappa shape index (κ2) is 10.5. The molecule has 36 heavy (non-hydrogen) atoms. The number of unbranched alkanes of at least 4 members (excludes halogenated alkanes) is 2. The molecule has 202 valence electrons. The molecule has 0 aliphatic rings.